The van der Waals surface area contributed by atoms with Crippen LogP contribution in [-0.4, -0.2) is 14.7 Å². The lowest BCUT2D eigenvalue weighted by molar-refractivity contribution is -0.389. The van der Waals surface area contributed by atoms with Crippen LogP contribution in [0.1, 0.15) is 0 Å². The first-order valence-electron chi connectivity index (χ1n) is 3.36. The highest BCUT2D eigenvalue weighted by atomic mass is 35.5. The molecule has 3 N–H and O–H groups in total. The Bertz CT molecular complexity index is 442. The summed E-state index contributed by atoms with van der Waals surface area (Å²) in [7, 11) is 1.25. The van der Waals surface area contributed by atoms with Gasteiger partial charge in [0.2, 0.25) is 0 Å². The molecule has 1 heterocycles. The third-order valence-corrected chi connectivity index (χ3v) is 1.84. The number of nitrogens with one attached hydrogen (secondary N) is 1. The highest BCUT2D eigenvalue weighted by Gasteiger charge is 2.23. The fourth-order valence-corrected chi connectivity index (χ4v) is 1.10. The van der Waals surface area contributed by atoms with Gasteiger partial charge in [0.1, 0.15) is 5.02 Å². The zero-order chi connectivity index (χ0) is 10.9. The summed E-state index contributed by atoms with van der Waals surface area (Å²) < 4.78 is 0.765. The predicted octanol–water partition coefficient (Wildman–Crippen LogP) is -0.373. The van der Waals surface area contributed by atoms with Crippen LogP contribution < -0.4 is 16.8 Å². The van der Waals surface area contributed by atoms with Crippen LogP contribution in [0.5, 0.6) is 0 Å². The number of hydrogen-bond donors (Lipinski definition) is 2. The summed E-state index contributed by atoms with van der Waals surface area (Å²) in [6.07, 6.45) is 0. The minimum Gasteiger partial charge on any atom is -0.358 e. The maximum atomic E-state index is 11.2. The first-order valence-corrected chi connectivity index (χ1v) is 3.74. The summed E-state index contributed by atoms with van der Waals surface area (Å²) in [5.74, 6) is 4.38. The second kappa shape index (κ2) is 3.60. The zero-order valence-electron chi connectivity index (χ0n) is 7.02. The van der Waals surface area contributed by atoms with Gasteiger partial charge in [0.25, 0.3) is 0 Å². The number of nitrogen functional groups attached to an aromatic ring is 1. The van der Waals surface area contributed by atoms with Gasteiger partial charge >= 0.3 is 11.4 Å². The first-order chi connectivity index (χ1) is 6.49. The van der Waals surface area contributed by atoms with Crippen LogP contribution in [0.15, 0.2) is 4.79 Å². The van der Waals surface area contributed by atoms with Crippen molar-refractivity contribution in [2.24, 2.45) is 12.9 Å². The largest absolute Gasteiger partial charge is 0.414 e. The minimum absolute atomic E-state index is 0.292. The van der Waals surface area contributed by atoms with Crippen LogP contribution >= 0.6 is 11.6 Å². The van der Waals surface area contributed by atoms with Crippen LogP contribution in [-0.2, 0) is 7.05 Å². The van der Waals surface area contributed by atoms with Gasteiger partial charge in [0.15, 0.2) is 5.69 Å². The third kappa shape index (κ3) is 1.52. The van der Waals surface area contributed by atoms with Crippen molar-refractivity contribution in [3.63, 3.8) is 0 Å². The zero-order valence-corrected chi connectivity index (χ0v) is 7.78. The van der Waals surface area contributed by atoms with Crippen molar-refractivity contribution in [2.45, 2.75) is 0 Å². The topological polar surface area (TPSA) is 116 Å². The maximum absolute atomic E-state index is 11.2. The van der Waals surface area contributed by atoms with E-state index in [2.05, 4.69) is 5.10 Å². The molecule has 1 aromatic heterocycles. The van der Waals surface area contributed by atoms with Gasteiger partial charge in [-0.1, -0.05) is 11.6 Å². The Morgan fingerprint density at radius 2 is 2.29 bits per heavy atom. The van der Waals surface area contributed by atoms with Crippen LogP contribution in [0, 0.1) is 10.1 Å². The van der Waals surface area contributed by atoms with Crippen molar-refractivity contribution in [1.82, 2.24) is 9.78 Å². The molecule has 76 valence electrons. The normalized spacial score (nSPS) is 9.93. The lowest BCUT2D eigenvalue weighted by Gasteiger charge is -2.03. The molecule has 0 aliphatic rings. The van der Waals surface area contributed by atoms with Gasteiger partial charge in [-0.3, -0.25) is 10.6 Å². The first kappa shape index (κ1) is 10.4. The second-order valence-electron chi connectivity index (χ2n) is 2.34. The Hall–Kier alpha value is -1.67. The molecule has 0 aliphatic carbocycles. The van der Waals surface area contributed by atoms with Gasteiger partial charge in [0.05, 0.1) is 12.1 Å². The Labute approximate surface area is 82.4 Å². The predicted molar refractivity (Wildman–Crippen MR) is 49.0 cm³/mol. The second-order valence-corrected chi connectivity index (χ2v) is 2.72. The number of nitrogens with zero attached hydrogens (tertiary/aromatic N) is 3. The Morgan fingerprint density at radius 3 is 2.71 bits per heavy atom. The van der Waals surface area contributed by atoms with Crippen molar-refractivity contribution in [1.29, 1.82) is 0 Å². The summed E-state index contributed by atoms with van der Waals surface area (Å²) in [4.78, 5) is 20.9. The lowest BCUT2D eigenvalue weighted by Crippen LogP contribution is -2.24. The van der Waals surface area contributed by atoms with Crippen LogP contribution in [0.3, 0.4) is 0 Å². The molecular weight excluding hydrogens is 214 g/mol. The van der Waals surface area contributed by atoms with E-state index in [-0.39, 0.29) is 10.7 Å². The van der Waals surface area contributed by atoms with Gasteiger partial charge in [-0.15, -0.1) is 4.68 Å². The maximum Gasteiger partial charge on any atom is 0.414 e. The molecule has 8 nitrogen and oxygen atoms in total. The molecule has 0 unspecified atom stereocenters. The van der Waals surface area contributed by atoms with Crippen molar-refractivity contribution in [3.8, 4) is 0 Å². The van der Waals surface area contributed by atoms with Gasteiger partial charge in [0, 0.05) is 0 Å². The van der Waals surface area contributed by atoms with Crippen LogP contribution in [0.25, 0.3) is 0 Å². The standard InChI is InChI=1S/C5H6ClN5O3/c1-10-5(12)2(6)3(8-7)4(9-10)11(13)14/h8H,7H2,1H3. The third-order valence-electron chi connectivity index (χ3n) is 1.49. The average Bonchev–Trinajstić information content (AvgIpc) is 2.13. The van der Waals surface area contributed by atoms with Crippen molar-refractivity contribution < 1.29 is 4.92 Å². The van der Waals surface area contributed by atoms with E-state index in [9.17, 15) is 14.9 Å². The lowest BCUT2D eigenvalue weighted by atomic mass is 10.4. The van der Waals surface area contributed by atoms with E-state index in [1.165, 1.54) is 7.05 Å². The number of hydrazine groups is 1. The monoisotopic (exact) mass is 219 g/mol. The highest BCUT2D eigenvalue weighted by molar-refractivity contribution is 6.33. The number of aromatic nitrogens is 2. The quantitative estimate of drug-likeness (QED) is 0.398. The van der Waals surface area contributed by atoms with Gasteiger partial charge in [-0.05, 0) is 4.92 Å². The molecule has 0 saturated heterocycles. The molecule has 9 heteroatoms. The molecule has 0 atom stereocenters. The summed E-state index contributed by atoms with van der Waals surface area (Å²) >= 11 is 5.53. The SMILES string of the molecule is Cn1nc([N+](=O)[O-])c(NN)c(Cl)c1=O. The van der Waals surface area contributed by atoms with E-state index in [4.69, 9.17) is 17.4 Å². The fraction of sp³-hybridized carbons (Fsp3) is 0.200. The van der Waals surface area contributed by atoms with E-state index in [1.807, 2.05) is 5.43 Å². The van der Waals surface area contributed by atoms with E-state index >= 15 is 0 Å². The molecule has 0 radical (unpaired) electrons. The summed E-state index contributed by atoms with van der Waals surface area (Å²) in [6, 6.07) is 0. The highest BCUT2D eigenvalue weighted by Crippen LogP contribution is 2.25. The number of aryl methyl sites for hydroxylation is 1. The summed E-state index contributed by atoms with van der Waals surface area (Å²) in [6.45, 7) is 0. The Morgan fingerprint density at radius 1 is 1.71 bits per heavy atom. The smallest absolute Gasteiger partial charge is 0.358 e. The summed E-state index contributed by atoms with van der Waals surface area (Å²) in [5, 5.41) is 13.5. The van der Waals surface area contributed by atoms with Crippen molar-refractivity contribution in [3.05, 3.63) is 25.5 Å². The molecular formula is C5H6ClN5O3. The van der Waals surface area contributed by atoms with Gasteiger partial charge in [-0.2, -0.15) is 0 Å². The van der Waals surface area contributed by atoms with E-state index < -0.39 is 16.3 Å². The molecule has 0 aliphatic heterocycles. The molecule has 0 bridgehead atoms. The molecule has 0 spiro atoms. The molecule has 1 aromatic rings. The number of nitrogens with two attached hydrogens (primary N) is 1. The van der Waals surface area contributed by atoms with E-state index in [0.717, 1.165) is 4.68 Å². The summed E-state index contributed by atoms with van der Waals surface area (Å²) in [5.41, 5.74) is 1.01. The molecule has 14 heavy (non-hydrogen) atoms. The Balaban J connectivity index is 3.60. The van der Waals surface area contributed by atoms with Gasteiger partial charge in [-0.25, -0.2) is 0 Å². The number of hydrogen-bond acceptors (Lipinski definition) is 6. The Kier molecular flexibility index (Phi) is 2.68. The minimum atomic E-state index is -0.791. The number of halogens is 1. The van der Waals surface area contributed by atoms with Crippen molar-refractivity contribution >= 4 is 23.1 Å². The number of rotatable bonds is 2. The molecule has 0 fully saturated rings. The number of anilines is 1. The average molecular weight is 220 g/mol. The van der Waals surface area contributed by atoms with Crippen LogP contribution in [0.4, 0.5) is 11.5 Å². The van der Waals surface area contributed by atoms with E-state index in [1.54, 1.807) is 0 Å². The molecule has 0 amide bonds. The fourth-order valence-electron chi connectivity index (χ4n) is 0.840. The van der Waals surface area contributed by atoms with E-state index in [0.29, 0.717) is 0 Å². The molecule has 1 rings (SSSR count). The van der Waals surface area contributed by atoms with Crippen molar-refractivity contribution in [2.75, 3.05) is 5.43 Å². The molecule has 0 aromatic carbocycles. The van der Waals surface area contributed by atoms with Gasteiger partial charge < -0.3 is 15.5 Å². The number of nitro groups is 1. The van der Waals surface area contributed by atoms with Crippen LogP contribution in [0.2, 0.25) is 5.02 Å². The molecule has 0 saturated carbocycles.